The Morgan fingerprint density at radius 2 is 2.21 bits per heavy atom. The third-order valence-corrected chi connectivity index (χ3v) is 2.94. The molecule has 0 aliphatic carbocycles. The fourth-order valence-corrected chi connectivity index (χ4v) is 1.82. The lowest BCUT2D eigenvalue weighted by atomic mass is 10.2. The Labute approximate surface area is 123 Å². The summed E-state index contributed by atoms with van der Waals surface area (Å²) in [6.45, 7) is 1.25. The van der Waals surface area contributed by atoms with E-state index in [2.05, 4.69) is 15.4 Å². The number of hydrogen-bond acceptors (Lipinski definition) is 3. The molecule has 2 N–H and O–H groups in total. The standard InChI is InChI=1S/C13H17ClN2O2S/c1-18-12(17)6-3-7-15-13(19)16-9-10-4-2-5-11(14)8-10/h2,4-5,8H,3,6-7,9H2,1H3,(H2,15,16,19). The summed E-state index contributed by atoms with van der Waals surface area (Å²) in [4.78, 5) is 10.9. The fraction of sp³-hybridized carbons (Fsp3) is 0.385. The molecule has 0 aromatic heterocycles. The fourth-order valence-electron chi connectivity index (χ4n) is 1.43. The highest BCUT2D eigenvalue weighted by Crippen LogP contribution is 2.10. The molecule has 0 bridgehead atoms. The third kappa shape index (κ3) is 6.98. The normalized spacial score (nSPS) is 9.79. The van der Waals surface area contributed by atoms with Crippen molar-refractivity contribution in [2.45, 2.75) is 19.4 Å². The van der Waals surface area contributed by atoms with Gasteiger partial charge in [0.05, 0.1) is 7.11 Å². The zero-order valence-corrected chi connectivity index (χ0v) is 12.3. The molecule has 0 fully saturated rings. The van der Waals surface area contributed by atoms with Crippen molar-refractivity contribution in [3.63, 3.8) is 0 Å². The van der Waals surface area contributed by atoms with Crippen LogP contribution in [0.25, 0.3) is 0 Å². The number of nitrogens with one attached hydrogen (secondary N) is 2. The van der Waals surface area contributed by atoms with Crippen molar-refractivity contribution in [1.29, 1.82) is 0 Å². The number of halogens is 1. The van der Waals surface area contributed by atoms with Gasteiger partial charge in [0.25, 0.3) is 0 Å². The molecule has 0 spiro atoms. The second-order valence-corrected chi connectivity index (χ2v) is 4.76. The molecule has 0 saturated carbocycles. The molecule has 0 heterocycles. The first kappa shape index (κ1) is 15.7. The quantitative estimate of drug-likeness (QED) is 0.479. The average Bonchev–Trinajstić information content (AvgIpc) is 2.41. The van der Waals surface area contributed by atoms with Gasteiger partial charge in [-0.25, -0.2) is 0 Å². The number of carbonyl (C=O) groups excluding carboxylic acids is 1. The van der Waals surface area contributed by atoms with Gasteiger partial charge in [-0.05, 0) is 36.3 Å². The van der Waals surface area contributed by atoms with Crippen LogP contribution in [-0.4, -0.2) is 24.7 Å². The van der Waals surface area contributed by atoms with Crippen LogP contribution in [0.15, 0.2) is 24.3 Å². The van der Waals surface area contributed by atoms with Crippen LogP contribution in [0.5, 0.6) is 0 Å². The number of benzene rings is 1. The van der Waals surface area contributed by atoms with Crippen LogP contribution in [0, 0.1) is 0 Å². The predicted molar refractivity (Wildman–Crippen MR) is 80.1 cm³/mol. The highest BCUT2D eigenvalue weighted by atomic mass is 35.5. The van der Waals surface area contributed by atoms with Gasteiger partial charge in [-0.1, -0.05) is 23.7 Å². The minimum absolute atomic E-state index is 0.209. The van der Waals surface area contributed by atoms with Gasteiger partial charge in [0.15, 0.2) is 5.11 Å². The zero-order valence-electron chi connectivity index (χ0n) is 10.7. The van der Waals surface area contributed by atoms with E-state index in [1.165, 1.54) is 7.11 Å². The minimum atomic E-state index is -0.209. The highest BCUT2D eigenvalue weighted by Gasteiger charge is 2.00. The topological polar surface area (TPSA) is 50.4 Å². The molecule has 0 aliphatic heterocycles. The van der Waals surface area contributed by atoms with Crippen LogP contribution >= 0.6 is 23.8 Å². The molecule has 0 atom stereocenters. The Kier molecular flexibility index (Phi) is 7.22. The number of ether oxygens (including phenoxy) is 1. The van der Waals surface area contributed by atoms with Gasteiger partial charge < -0.3 is 15.4 Å². The summed E-state index contributed by atoms with van der Waals surface area (Å²) in [6.07, 6.45) is 1.08. The summed E-state index contributed by atoms with van der Waals surface area (Å²) in [6, 6.07) is 7.58. The number of rotatable bonds is 6. The van der Waals surface area contributed by atoms with E-state index >= 15 is 0 Å². The van der Waals surface area contributed by atoms with Crippen LogP contribution in [0.1, 0.15) is 18.4 Å². The van der Waals surface area contributed by atoms with Crippen molar-refractivity contribution >= 4 is 34.9 Å². The van der Waals surface area contributed by atoms with E-state index in [4.69, 9.17) is 23.8 Å². The average molecular weight is 301 g/mol. The van der Waals surface area contributed by atoms with E-state index in [1.807, 2.05) is 24.3 Å². The molecule has 1 aromatic rings. The molecule has 0 aliphatic rings. The van der Waals surface area contributed by atoms with Crippen molar-refractivity contribution in [2.24, 2.45) is 0 Å². The van der Waals surface area contributed by atoms with Crippen LogP contribution in [0.2, 0.25) is 5.02 Å². The van der Waals surface area contributed by atoms with Crippen molar-refractivity contribution < 1.29 is 9.53 Å². The first-order valence-corrected chi connectivity index (χ1v) is 6.73. The van der Waals surface area contributed by atoms with E-state index in [-0.39, 0.29) is 5.97 Å². The largest absolute Gasteiger partial charge is 0.469 e. The zero-order chi connectivity index (χ0) is 14.1. The molecule has 4 nitrogen and oxygen atoms in total. The number of esters is 1. The van der Waals surface area contributed by atoms with Gasteiger partial charge in [-0.2, -0.15) is 0 Å². The first-order chi connectivity index (χ1) is 9.11. The molecule has 104 valence electrons. The second-order valence-electron chi connectivity index (χ2n) is 3.92. The predicted octanol–water partition coefficient (Wildman–Crippen LogP) is 2.26. The summed E-state index contributed by atoms with van der Waals surface area (Å²) < 4.78 is 4.55. The van der Waals surface area contributed by atoms with Gasteiger partial charge in [0.1, 0.15) is 0 Å². The summed E-state index contributed by atoms with van der Waals surface area (Å²) in [5.41, 5.74) is 1.06. The number of carbonyl (C=O) groups is 1. The third-order valence-electron chi connectivity index (χ3n) is 2.41. The Morgan fingerprint density at radius 1 is 1.42 bits per heavy atom. The van der Waals surface area contributed by atoms with Gasteiger partial charge >= 0.3 is 5.97 Å². The van der Waals surface area contributed by atoms with Crippen LogP contribution in [-0.2, 0) is 16.1 Å². The van der Waals surface area contributed by atoms with Gasteiger partial charge in [-0.15, -0.1) is 0 Å². The van der Waals surface area contributed by atoms with Crippen molar-refractivity contribution in [3.8, 4) is 0 Å². The van der Waals surface area contributed by atoms with Crippen molar-refractivity contribution in [3.05, 3.63) is 34.9 Å². The molecule has 19 heavy (non-hydrogen) atoms. The Morgan fingerprint density at radius 3 is 2.89 bits per heavy atom. The SMILES string of the molecule is COC(=O)CCCNC(=S)NCc1cccc(Cl)c1. The van der Waals surface area contributed by atoms with E-state index in [1.54, 1.807) is 0 Å². The molecule has 6 heteroatoms. The molecule has 0 saturated heterocycles. The van der Waals surface area contributed by atoms with Gasteiger partial charge in [0.2, 0.25) is 0 Å². The Hall–Kier alpha value is -1.33. The smallest absolute Gasteiger partial charge is 0.305 e. The number of hydrogen-bond donors (Lipinski definition) is 2. The van der Waals surface area contributed by atoms with E-state index < -0.39 is 0 Å². The van der Waals surface area contributed by atoms with Crippen molar-refractivity contribution in [2.75, 3.05) is 13.7 Å². The Balaban J connectivity index is 2.16. The second kappa shape index (κ2) is 8.72. The molecule has 0 radical (unpaired) electrons. The number of thiocarbonyl (C=S) groups is 1. The molecule has 1 rings (SSSR count). The maximum Gasteiger partial charge on any atom is 0.305 e. The van der Waals surface area contributed by atoms with Crippen LogP contribution in [0.4, 0.5) is 0 Å². The summed E-state index contributed by atoms with van der Waals surface area (Å²) in [7, 11) is 1.38. The Bertz CT molecular complexity index is 440. The molecule has 0 amide bonds. The van der Waals surface area contributed by atoms with Crippen molar-refractivity contribution in [1.82, 2.24) is 10.6 Å². The molecular formula is C13H17ClN2O2S. The van der Waals surface area contributed by atoms with E-state index in [0.717, 1.165) is 5.56 Å². The maximum atomic E-state index is 10.9. The maximum absolute atomic E-state index is 10.9. The first-order valence-electron chi connectivity index (χ1n) is 5.95. The number of methoxy groups -OCH3 is 1. The van der Waals surface area contributed by atoms with E-state index in [9.17, 15) is 4.79 Å². The van der Waals surface area contributed by atoms with Crippen LogP contribution < -0.4 is 10.6 Å². The highest BCUT2D eigenvalue weighted by molar-refractivity contribution is 7.80. The lowest BCUT2D eigenvalue weighted by Gasteiger charge is -2.10. The van der Waals surface area contributed by atoms with Gasteiger partial charge in [-0.3, -0.25) is 4.79 Å². The summed E-state index contributed by atoms with van der Waals surface area (Å²) in [5.74, 6) is -0.209. The lowest BCUT2D eigenvalue weighted by Crippen LogP contribution is -2.35. The summed E-state index contributed by atoms with van der Waals surface area (Å²) >= 11 is 11.0. The van der Waals surface area contributed by atoms with Crippen LogP contribution in [0.3, 0.4) is 0 Å². The van der Waals surface area contributed by atoms with Gasteiger partial charge in [0, 0.05) is 24.5 Å². The molecule has 1 aromatic carbocycles. The summed E-state index contributed by atoms with van der Waals surface area (Å²) in [5, 5.41) is 7.37. The molecule has 0 unspecified atom stereocenters. The minimum Gasteiger partial charge on any atom is -0.469 e. The van der Waals surface area contributed by atoms with E-state index in [0.29, 0.717) is 36.1 Å². The lowest BCUT2D eigenvalue weighted by molar-refractivity contribution is -0.140. The monoisotopic (exact) mass is 300 g/mol. The molecular weight excluding hydrogens is 284 g/mol.